The molecule has 22 heavy (non-hydrogen) atoms. The van der Waals surface area contributed by atoms with Gasteiger partial charge in [0, 0.05) is 17.7 Å². The van der Waals surface area contributed by atoms with E-state index in [1.165, 1.54) is 23.4 Å². The van der Waals surface area contributed by atoms with Crippen molar-refractivity contribution in [2.75, 3.05) is 13.1 Å². The lowest BCUT2D eigenvalue weighted by Gasteiger charge is -2.20. The van der Waals surface area contributed by atoms with Gasteiger partial charge >= 0.3 is 0 Å². The van der Waals surface area contributed by atoms with Crippen LogP contribution in [0.5, 0.6) is 0 Å². The topological polar surface area (TPSA) is 46.5 Å². The first-order valence-electron chi connectivity index (χ1n) is 7.84. The molecule has 0 unspecified atom stereocenters. The van der Waals surface area contributed by atoms with Crippen LogP contribution in [0.25, 0.3) is 0 Å². The van der Waals surface area contributed by atoms with E-state index in [2.05, 4.69) is 28.0 Å². The summed E-state index contributed by atoms with van der Waals surface area (Å²) in [6, 6.07) is 10.3. The number of oxime groups is 1. The van der Waals surface area contributed by atoms with Gasteiger partial charge in [-0.1, -0.05) is 35.5 Å². The van der Waals surface area contributed by atoms with Gasteiger partial charge in [0.25, 0.3) is 0 Å². The smallest absolute Gasteiger partial charge is 0.158 e. The Morgan fingerprint density at radius 1 is 1.14 bits per heavy atom. The summed E-state index contributed by atoms with van der Waals surface area (Å²) in [5.74, 6) is 0.604. The van der Waals surface area contributed by atoms with Gasteiger partial charge in [-0.15, -0.1) is 11.3 Å². The van der Waals surface area contributed by atoms with Crippen LogP contribution >= 0.6 is 11.3 Å². The normalized spacial score (nSPS) is 22.4. The molecule has 0 spiro atoms. The highest BCUT2D eigenvalue weighted by atomic mass is 32.1. The maximum Gasteiger partial charge on any atom is 0.158 e. The molecule has 1 atom stereocenters. The van der Waals surface area contributed by atoms with E-state index in [1.807, 2.05) is 18.2 Å². The summed E-state index contributed by atoms with van der Waals surface area (Å²) in [5, 5.41) is 11.1. The fourth-order valence-electron chi connectivity index (χ4n) is 3.05. The van der Waals surface area contributed by atoms with Crippen LogP contribution in [0.1, 0.15) is 47.5 Å². The second-order valence-corrected chi connectivity index (χ2v) is 6.73. The first-order valence-corrected chi connectivity index (χ1v) is 8.72. The molecule has 0 amide bonds. The van der Waals surface area contributed by atoms with E-state index < -0.39 is 0 Å². The van der Waals surface area contributed by atoms with Gasteiger partial charge in [-0.3, -0.25) is 0 Å². The van der Waals surface area contributed by atoms with Crippen LogP contribution in [0.2, 0.25) is 0 Å². The molecule has 1 N–H and O–H groups in total. The summed E-state index contributed by atoms with van der Waals surface area (Å²) < 4.78 is 0. The average Bonchev–Trinajstić information content (AvgIpc) is 3.26. The monoisotopic (exact) mass is 313 g/mol. The summed E-state index contributed by atoms with van der Waals surface area (Å²) in [6.45, 7) is 2.19. The van der Waals surface area contributed by atoms with E-state index in [0.717, 1.165) is 30.9 Å². The zero-order valence-electron chi connectivity index (χ0n) is 12.4. The van der Waals surface area contributed by atoms with Gasteiger partial charge in [0.2, 0.25) is 0 Å². The summed E-state index contributed by atoms with van der Waals surface area (Å²) in [6.07, 6.45) is 3.20. The minimum absolute atomic E-state index is 0.0280. The molecule has 0 aliphatic carbocycles. The Labute approximate surface area is 134 Å². The molecule has 3 heterocycles. The number of hydrogen-bond donors (Lipinski definition) is 1. The molecule has 2 aliphatic heterocycles. The molecular formula is C17H19N3OS. The Kier molecular flexibility index (Phi) is 3.91. The molecule has 2 aliphatic rings. The lowest BCUT2D eigenvalue weighted by atomic mass is 9.99. The summed E-state index contributed by atoms with van der Waals surface area (Å²) in [5.41, 5.74) is 3.15. The van der Waals surface area contributed by atoms with E-state index >= 15 is 0 Å². The molecule has 5 heteroatoms. The van der Waals surface area contributed by atoms with Gasteiger partial charge in [0.15, 0.2) is 6.10 Å². The van der Waals surface area contributed by atoms with Crippen LogP contribution in [-0.4, -0.2) is 23.8 Å². The second kappa shape index (κ2) is 6.18. The molecule has 1 aromatic heterocycles. The lowest BCUT2D eigenvalue weighted by Crippen LogP contribution is -2.26. The van der Waals surface area contributed by atoms with Crippen molar-refractivity contribution in [2.45, 2.75) is 31.3 Å². The molecule has 0 bridgehead atoms. The maximum atomic E-state index is 5.60. The molecule has 114 valence electrons. The van der Waals surface area contributed by atoms with Gasteiger partial charge in [-0.25, -0.2) is 4.98 Å². The third-order valence-corrected chi connectivity index (χ3v) is 5.35. The predicted octanol–water partition coefficient (Wildman–Crippen LogP) is 3.48. The van der Waals surface area contributed by atoms with Crippen molar-refractivity contribution in [3.63, 3.8) is 0 Å². The molecule has 4 rings (SSSR count). The number of nitrogens with one attached hydrogen (secondary N) is 1. The van der Waals surface area contributed by atoms with Crippen molar-refractivity contribution in [1.82, 2.24) is 10.3 Å². The Hall–Kier alpha value is -1.72. The molecule has 1 fully saturated rings. The summed E-state index contributed by atoms with van der Waals surface area (Å²) in [4.78, 5) is 10.4. The summed E-state index contributed by atoms with van der Waals surface area (Å²) >= 11 is 1.76. The highest BCUT2D eigenvalue weighted by molar-refractivity contribution is 7.09. The first kappa shape index (κ1) is 13.9. The van der Waals surface area contributed by atoms with Gasteiger partial charge < -0.3 is 10.2 Å². The van der Waals surface area contributed by atoms with Crippen molar-refractivity contribution in [3.05, 3.63) is 52.0 Å². The Morgan fingerprint density at radius 2 is 1.95 bits per heavy atom. The zero-order chi connectivity index (χ0) is 14.8. The Bertz CT molecular complexity index is 662. The SMILES string of the molecule is c1ccc([C@@H]2CC(c3csc(C4CCNCC4)n3)=NO2)cc1. The standard InChI is InChI=1S/C17H19N3OS/c1-2-4-12(5-3-1)16-10-14(20-21-16)15-11-22-17(19-15)13-6-8-18-9-7-13/h1-5,11,13,16,18H,6-10H2/t16-/m0/s1. The van der Waals surface area contributed by atoms with E-state index in [4.69, 9.17) is 9.82 Å². The molecule has 4 nitrogen and oxygen atoms in total. The van der Waals surface area contributed by atoms with E-state index in [0.29, 0.717) is 5.92 Å². The molecule has 2 aromatic rings. The number of aromatic nitrogens is 1. The number of thiazole rings is 1. The predicted molar refractivity (Wildman–Crippen MR) is 88.4 cm³/mol. The van der Waals surface area contributed by atoms with Crippen molar-refractivity contribution in [1.29, 1.82) is 0 Å². The quantitative estimate of drug-likeness (QED) is 0.943. The van der Waals surface area contributed by atoms with Crippen LogP contribution in [-0.2, 0) is 4.84 Å². The fraction of sp³-hybridized carbons (Fsp3) is 0.412. The van der Waals surface area contributed by atoms with Crippen LogP contribution < -0.4 is 5.32 Å². The Balaban J connectivity index is 1.46. The minimum Gasteiger partial charge on any atom is -0.387 e. The number of rotatable bonds is 3. The number of hydrogen-bond acceptors (Lipinski definition) is 5. The number of nitrogens with zero attached hydrogens (tertiary/aromatic N) is 2. The minimum atomic E-state index is 0.0280. The van der Waals surface area contributed by atoms with E-state index in [9.17, 15) is 0 Å². The van der Waals surface area contributed by atoms with Crippen LogP contribution in [0.15, 0.2) is 40.9 Å². The number of piperidine rings is 1. The fourth-order valence-corrected chi connectivity index (χ4v) is 4.05. The highest BCUT2D eigenvalue weighted by Gasteiger charge is 2.26. The summed E-state index contributed by atoms with van der Waals surface area (Å²) in [7, 11) is 0. The van der Waals surface area contributed by atoms with Gasteiger partial charge in [0.05, 0.1) is 10.7 Å². The maximum absolute atomic E-state index is 5.60. The van der Waals surface area contributed by atoms with E-state index in [1.54, 1.807) is 11.3 Å². The third-order valence-electron chi connectivity index (χ3n) is 4.35. The van der Waals surface area contributed by atoms with Crippen molar-refractivity contribution < 1.29 is 4.84 Å². The lowest BCUT2D eigenvalue weighted by molar-refractivity contribution is 0.0857. The average molecular weight is 313 g/mol. The largest absolute Gasteiger partial charge is 0.387 e. The second-order valence-electron chi connectivity index (χ2n) is 5.84. The Morgan fingerprint density at radius 3 is 2.77 bits per heavy atom. The molecule has 1 saturated heterocycles. The third kappa shape index (κ3) is 2.78. The zero-order valence-corrected chi connectivity index (χ0v) is 13.2. The van der Waals surface area contributed by atoms with E-state index in [-0.39, 0.29) is 6.10 Å². The molecular weight excluding hydrogens is 294 g/mol. The van der Waals surface area contributed by atoms with Gasteiger partial charge in [0.1, 0.15) is 5.71 Å². The molecule has 0 radical (unpaired) electrons. The molecule has 1 aromatic carbocycles. The van der Waals surface area contributed by atoms with Crippen LogP contribution in [0, 0.1) is 0 Å². The highest BCUT2D eigenvalue weighted by Crippen LogP contribution is 2.32. The van der Waals surface area contributed by atoms with Crippen LogP contribution in [0.4, 0.5) is 0 Å². The number of benzene rings is 1. The van der Waals surface area contributed by atoms with Gasteiger partial charge in [-0.05, 0) is 31.5 Å². The van der Waals surface area contributed by atoms with Gasteiger partial charge in [-0.2, -0.15) is 0 Å². The first-order chi connectivity index (χ1) is 10.9. The molecule has 0 saturated carbocycles. The van der Waals surface area contributed by atoms with Crippen molar-refractivity contribution in [2.24, 2.45) is 5.16 Å². The van der Waals surface area contributed by atoms with Crippen LogP contribution in [0.3, 0.4) is 0 Å². The van der Waals surface area contributed by atoms with Crippen molar-refractivity contribution >= 4 is 17.0 Å². The van der Waals surface area contributed by atoms with Crippen molar-refractivity contribution in [3.8, 4) is 0 Å².